The zero-order valence-corrected chi connectivity index (χ0v) is 16.4. The van der Waals surface area contributed by atoms with Crippen molar-refractivity contribution in [2.75, 3.05) is 6.61 Å². The smallest absolute Gasteiger partial charge is 0.262 e. The van der Waals surface area contributed by atoms with E-state index in [0.717, 1.165) is 12.0 Å². The summed E-state index contributed by atoms with van der Waals surface area (Å²) in [6.07, 6.45) is 9.62. The third-order valence-electron chi connectivity index (χ3n) is 4.72. The molecule has 25 heavy (non-hydrogen) atoms. The number of hydrogen-bond acceptors (Lipinski definition) is 3. The van der Waals surface area contributed by atoms with Gasteiger partial charge in [-0.2, -0.15) is 8.42 Å². The second kappa shape index (κ2) is 8.15. The fourth-order valence-corrected chi connectivity index (χ4v) is 4.08. The molecule has 0 unspecified atom stereocenters. The van der Waals surface area contributed by atoms with Crippen LogP contribution in [0.1, 0.15) is 47.0 Å². The first-order valence-electron chi connectivity index (χ1n) is 8.72. The summed E-state index contributed by atoms with van der Waals surface area (Å²) >= 11 is 0. The van der Waals surface area contributed by atoms with Gasteiger partial charge in [-0.1, -0.05) is 61.4 Å². The molecule has 4 heteroatoms. The van der Waals surface area contributed by atoms with Crippen molar-refractivity contribution in [3.63, 3.8) is 0 Å². The van der Waals surface area contributed by atoms with E-state index in [9.17, 15) is 8.42 Å². The Balaban J connectivity index is 2.01. The topological polar surface area (TPSA) is 43.4 Å². The molecule has 0 fully saturated rings. The van der Waals surface area contributed by atoms with Crippen LogP contribution in [0.2, 0.25) is 0 Å². The van der Waals surface area contributed by atoms with Crippen molar-refractivity contribution in [3.8, 4) is 0 Å². The predicted octanol–water partition coefficient (Wildman–Crippen LogP) is 5.42. The van der Waals surface area contributed by atoms with Crippen molar-refractivity contribution < 1.29 is 12.6 Å². The van der Waals surface area contributed by atoms with Crippen LogP contribution >= 0.6 is 0 Å². The summed E-state index contributed by atoms with van der Waals surface area (Å²) in [7, 11) is -3.70. The van der Waals surface area contributed by atoms with Crippen LogP contribution in [-0.2, 0) is 14.3 Å². The molecular weight excluding hydrogens is 332 g/mol. The first kappa shape index (κ1) is 19.7. The third-order valence-corrected chi connectivity index (χ3v) is 6.01. The van der Waals surface area contributed by atoms with Crippen molar-refractivity contribution in [2.45, 2.75) is 51.9 Å². The highest BCUT2D eigenvalue weighted by Crippen LogP contribution is 2.40. The molecule has 1 aliphatic carbocycles. The van der Waals surface area contributed by atoms with Crippen LogP contribution < -0.4 is 0 Å². The summed E-state index contributed by atoms with van der Waals surface area (Å²) in [6, 6.07) is 8.21. The van der Waals surface area contributed by atoms with E-state index in [1.165, 1.54) is 36.1 Å². The number of hydrogen-bond donors (Lipinski definition) is 0. The molecular formula is C21H28O3S. The predicted molar refractivity (Wildman–Crippen MR) is 103 cm³/mol. The van der Waals surface area contributed by atoms with Crippen LogP contribution in [0.4, 0.5) is 0 Å². The first-order valence-corrected chi connectivity index (χ1v) is 10.1. The average molecular weight is 361 g/mol. The second-order valence-corrected chi connectivity index (χ2v) is 8.88. The van der Waals surface area contributed by atoms with Gasteiger partial charge in [-0.25, -0.2) is 0 Å². The molecule has 136 valence electrons. The minimum Gasteiger partial charge on any atom is -0.262 e. The van der Waals surface area contributed by atoms with Gasteiger partial charge in [0.15, 0.2) is 0 Å². The summed E-state index contributed by atoms with van der Waals surface area (Å²) in [5, 5.41) is 0. The summed E-state index contributed by atoms with van der Waals surface area (Å²) < 4.78 is 29.2. The lowest BCUT2D eigenvalue weighted by molar-refractivity contribution is 0.356. The number of allylic oxidation sites excluding steroid dienone is 5. The molecule has 0 spiro atoms. The minimum absolute atomic E-state index is 0.0365. The van der Waals surface area contributed by atoms with E-state index in [4.69, 9.17) is 4.18 Å². The lowest BCUT2D eigenvalue weighted by Crippen LogP contribution is -2.19. The maximum Gasteiger partial charge on any atom is 0.297 e. The van der Waals surface area contributed by atoms with Crippen LogP contribution in [0.25, 0.3) is 0 Å². The summed E-state index contributed by atoms with van der Waals surface area (Å²) in [5.74, 6) is 0. The normalized spacial score (nSPS) is 18.8. The highest BCUT2D eigenvalue weighted by Gasteiger charge is 2.26. The van der Waals surface area contributed by atoms with Gasteiger partial charge in [-0.05, 0) is 56.2 Å². The van der Waals surface area contributed by atoms with Crippen LogP contribution in [-0.4, -0.2) is 15.0 Å². The number of benzene rings is 1. The maximum atomic E-state index is 12.1. The SMILES string of the molecule is CC(C=CC1=C(C)CCCC1(C)C)=CCOS(=O)(=O)c1ccccc1. The van der Waals surface area contributed by atoms with Crippen LogP contribution in [0.3, 0.4) is 0 Å². The van der Waals surface area contributed by atoms with E-state index in [1.807, 2.05) is 13.0 Å². The van der Waals surface area contributed by atoms with Gasteiger partial charge in [0, 0.05) is 0 Å². The third kappa shape index (κ3) is 5.41. The van der Waals surface area contributed by atoms with Crippen molar-refractivity contribution >= 4 is 10.1 Å². The average Bonchev–Trinajstić information content (AvgIpc) is 2.54. The molecule has 0 atom stereocenters. The fourth-order valence-electron chi connectivity index (χ4n) is 3.20. The molecule has 0 saturated heterocycles. The van der Waals surface area contributed by atoms with Crippen molar-refractivity contribution in [1.82, 2.24) is 0 Å². The highest BCUT2D eigenvalue weighted by molar-refractivity contribution is 7.86. The Kier molecular flexibility index (Phi) is 6.42. The molecule has 0 radical (unpaired) electrons. The molecule has 2 rings (SSSR count). The highest BCUT2D eigenvalue weighted by atomic mass is 32.2. The first-order chi connectivity index (χ1) is 11.7. The van der Waals surface area contributed by atoms with E-state index in [1.54, 1.807) is 24.3 Å². The van der Waals surface area contributed by atoms with Crippen molar-refractivity contribution in [1.29, 1.82) is 0 Å². The van der Waals surface area contributed by atoms with Gasteiger partial charge in [0.25, 0.3) is 10.1 Å². The van der Waals surface area contributed by atoms with Crippen LogP contribution in [0, 0.1) is 5.41 Å². The lowest BCUT2D eigenvalue weighted by atomic mass is 9.72. The molecule has 0 N–H and O–H groups in total. The van der Waals surface area contributed by atoms with Gasteiger partial charge in [0.05, 0.1) is 11.5 Å². The standard InChI is InChI=1S/C21H28O3S/c1-17(12-13-20-18(2)9-8-15-21(20,3)4)14-16-24-25(22,23)19-10-6-5-7-11-19/h5-7,10-14H,8-9,15-16H2,1-4H3. The van der Waals surface area contributed by atoms with E-state index in [2.05, 4.69) is 26.8 Å². The van der Waals surface area contributed by atoms with Crippen LogP contribution in [0.15, 0.2) is 70.2 Å². The Morgan fingerprint density at radius 1 is 1.24 bits per heavy atom. The quantitative estimate of drug-likeness (QED) is 0.502. The Morgan fingerprint density at radius 3 is 2.56 bits per heavy atom. The van der Waals surface area contributed by atoms with Crippen molar-refractivity contribution in [3.05, 3.63) is 65.3 Å². The Morgan fingerprint density at radius 2 is 1.92 bits per heavy atom. The Bertz CT molecular complexity index is 782. The minimum atomic E-state index is -3.70. The summed E-state index contributed by atoms with van der Waals surface area (Å²) in [6.45, 7) is 8.76. The molecule has 0 aliphatic heterocycles. The van der Waals surface area contributed by atoms with Gasteiger partial charge in [0.1, 0.15) is 0 Å². The van der Waals surface area contributed by atoms with Gasteiger partial charge in [-0.15, -0.1) is 0 Å². The maximum absolute atomic E-state index is 12.1. The molecule has 0 bridgehead atoms. The second-order valence-electron chi connectivity index (χ2n) is 7.26. The van der Waals surface area contributed by atoms with Gasteiger partial charge in [-0.3, -0.25) is 4.18 Å². The largest absolute Gasteiger partial charge is 0.297 e. The Labute approximate surface area is 152 Å². The zero-order valence-electron chi connectivity index (χ0n) is 15.6. The molecule has 3 nitrogen and oxygen atoms in total. The molecule has 1 aliphatic rings. The summed E-state index contributed by atoms with van der Waals surface area (Å²) in [4.78, 5) is 0.182. The van der Waals surface area contributed by atoms with Gasteiger partial charge in [0.2, 0.25) is 0 Å². The molecule has 1 aromatic carbocycles. The lowest BCUT2D eigenvalue weighted by Gasteiger charge is -2.32. The molecule has 1 aromatic rings. The monoisotopic (exact) mass is 360 g/mol. The molecule has 0 aromatic heterocycles. The number of rotatable bonds is 6. The van der Waals surface area contributed by atoms with E-state index in [0.29, 0.717) is 0 Å². The van der Waals surface area contributed by atoms with Crippen LogP contribution in [0.5, 0.6) is 0 Å². The van der Waals surface area contributed by atoms with E-state index >= 15 is 0 Å². The Hall–Kier alpha value is -1.65. The van der Waals surface area contributed by atoms with Gasteiger partial charge >= 0.3 is 0 Å². The fraction of sp³-hybridized carbons (Fsp3) is 0.429. The molecule has 0 saturated carbocycles. The zero-order chi connectivity index (χ0) is 18.5. The van der Waals surface area contributed by atoms with E-state index < -0.39 is 10.1 Å². The molecule has 0 heterocycles. The summed E-state index contributed by atoms with van der Waals surface area (Å²) in [5.41, 5.74) is 4.03. The van der Waals surface area contributed by atoms with Crippen molar-refractivity contribution in [2.24, 2.45) is 5.41 Å². The van der Waals surface area contributed by atoms with E-state index in [-0.39, 0.29) is 16.9 Å². The molecule has 0 amide bonds. The van der Waals surface area contributed by atoms with Gasteiger partial charge < -0.3 is 0 Å².